The fourth-order valence-electron chi connectivity index (χ4n) is 2.29. The second kappa shape index (κ2) is 5.95. The molecule has 0 atom stereocenters. The van der Waals surface area contributed by atoms with Crippen LogP contribution in [0.2, 0.25) is 0 Å². The lowest BCUT2D eigenvalue weighted by molar-refractivity contribution is -0.120. The zero-order valence-corrected chi connectivity index (χ0v) is 12.4. The molecule has 2 N–H and O–H groups in total. The molecule has 1 heterocycles. The Morgan fingerprint density at radius 2 is 2.10 bits per heavy atom. The topological polar surface area (TPSA) is 84.2 Å². The summed E-state index contributed by atoms with van der Waals surface area (Å²) in [6.45, 7) is 4.53. The van der Waals surface area contributed by atoms with Gasteiger partial charge in [-0.15, -0.1) is 0 Å². The number of amides is 1. The fourth-order valence-corrected chi connectivity index (χ4v) is 2.29. The van der Waals surface area contributed by atoms with Crippen molar-refractivity contribution < 1.29 is 14.7 Å². The number of benzene rings is 1. The van der Waals surface area contributed by atoms with Crippen LogP contribution in [0.5, 0.6) is 0 Å². The summed E-state index contributed by atoms with van der Waals surface area (Å²) >= 11 is 0. The summed E-state index contributed by atoms with van der Waals surface area (Å²) in [4.78, 5) is 27.1. The van der Waals surface area contributed by atoms with Crippen molar-refractivity contribution in [3.05, 3.63) is 29.6 Å². The van der Waals surface area contributed by atoms with Gasteiger partial charge in [0.25, 0.3) is 0 Å². The predicted octanol–water partition coefficient (Wildman–Crippen LogP) is 1.99. The summed E-state index contributed by atoms with van der Waals surface area (Å²) < 4.78 is 1.93. The molecular weight excluding hydrogens is 270 g/mol. The van der Waals surface area contributed by atoms with E-state index in [2.05, 4.69) is 10.3 Å². The quantitative estimate of drug-likeness (QED) is 0.881. The van der Waals surface area contributed by atoms with E-state index in [4.69, 9.17) is 5.11 Å². The minimum Gasteiger partial charge on any atom is -0.478 e. The standard InChI is InChI=1S/C15H19N3O3/c1-9(2)14-17-11-5-4-10(15(20)21)8-12(11)18(14)7-6-13(19)16-3/h4-5,8-9H,6-7H2,1-3H3,(H,16,19)(H,20,21). The van der Waals surface area contributed by atoms with Crippen LogP contribution in [0.4, 0.5) is 0 Å². The van der Waals surface area contributed by atoms with Gasteiger partial charge in [0, 0.05) is 25.9 Å². The maximum Gasteiger partial charge on any atom is 0.335 e. The van der Waals surface area contributed by atoms with E-state index >= 15 is 0 Å². The van der Waals surface area contributed by atoms with Crippen LogP contribution in [0.15, 0.2) is 18.2 Å². The minimum atomic E-state index is -0.970. The van der Waals surface area contributed by atoms with Crippen LogP contribution in [0, 0.1) is 0 Å². The van der Waals surface area contributed by atoms with E-state index in [0.29, 0.717) is 13.0 Å². The van der Waals surface area contributed by atoms with Crippen molar-refractivity contribution in [3.63, 3.8) is 0 Å². The van der Waals surface area contributed by atoms with Crippen LogP contribution in [-0.4, -0.2) is 33.6 Å². The molecule has 0 bridgehead atoms. The molecule has 0 saturated heterocycles. The van der Waals surface area contributed by atoms with Gasteiger partial charge < -0.3 is 15.0 Å². The molecule has 2 aromatic rings. The largest absolute Gasteiger partial charge is 0.478 e. The Labute approximate surface area is 122 Å². The number of carboxylic acids is 1. The van der Waals surface area contributed by atoms with E-state index in [1.165, 1.54) is 0 Å². The molecule has 1 aromatic heterocycles. The number of carbonyl (C=O) groups excluding carboxylic acids is 1. The highest BCUT2D eigenvalue weighted by Gasteiger charge is 2.16. The first kappa shape index (κ1) is 15.0. The molecule has 0 aliphatic heterocycles. The first-order chi connectivity index (χ1) is 9.93. The molecule has 1 amide bonds. The number of imidazole rings is 1. The lowest BCUT2D eigenvalue weighted by Crippen LogP contribution is -2.20. The Kier molecular flexibility index (Phi) is 4.26. The highest BCUT2D eigenvalue weighted by molar-refractivity contribution is 5.92. The minimum absolute atomic E-state index is 0.0547. The Bertz CT molecular complexity index is 689. The number of aromatic carboxylic acids is 1. The third-order valence-electron chi connectivity index (χ3n) is 3.38. The van der Waals surface area contributed by atoms with Crippen molar-refractivity contribution in [3.8, 4) is 0 Å². The van der Waals surface area contributed by atoms with Gasteiger partial charge in [0.2, 0.25) is 5.91 Å². The lowest BCUT2D eigenvalue weighted by Gasteiger charge is -2.11. The van der Waals surface area contributed by atoms with E-state index in [1.807, 2.05) is 18.4 Å². The molecule has 6 nitrogen and oxygen atoms in total. The first-order valence-corrected chi connectivity index (χ1v) is 6.88. The summed E-state index contributed by atoms with van der Waals surface area (Å²) in [6, 6.07) is 4.87. The van der Waals surface area contributed by atoms with Crippen LogP contribution in [0.25, 0.3) is 11.0 Å². The Morgan fingerprint density at radius 3 is 2.67 bits per heavy atom. The normalized spacial score (nSPS) is 11.0. The molecule has 0 aliphatic rings. The number of fused-ring (bicyclic) bond motifs is 1. The molecule has 0 aliphatic carbocycles. The number of rotatable bonds is 5. The number of nitrogens with one attached hydrogen (secondary N) is 1. The monoisotopic (exact) mass is 289 g/mol. The van der Waals surface area contributed by atoms with E-state index < -0.39 is 5.97 Å². The number of aromatic nitrogens is 2. The molecular formula is C15H19N3O3. The van der Waals surface area contributed by atoms with Crippen molar-refractivity contribution >= 4 is 22.9 Å². The van der Waals surface area contributed by atoms with Crippen LogP contribution >= 0.6 is 0 Å². The summed E-state index contributed by atoms with van der Waals surface area (Å²) in [7, 11) is 1.60. The number of aryl methyl sites for hydroxylation is 1. The number of carboxylic acid groups (broad SMARTS) is 1. The van der Waals surface area contributed by atoms with Crippen LogP contribution in [0.1, 0.15) is 42.4 Å². The second-order valence-corrected chi connectivity index (χ2v) is 5.21. The molecule has 21 heavy (non-hydrogen) atoms. The van der Waals surface area contributed by atoms with Crippen molar-refractivity contribution in [1.29, 1.82) is 0 Å². The summed E-state index contributed by atoms with van der Waals surface area (Å²) in [5.74, 6) is 0.0230. The highest BCUT2D eigenvalue weighted by Crippen LogP contribution is 2.23. The average Bonchev–Trinajstić information content (AvgIpc) is 2.82. The molecule has 0 radical (unpaired) electrons. The maximum absolute atomic E-state index is 11.5. The molecule has 112 valence electrons. The molecule has 0 unspecified atom stereocenters. The Hall–Kier alpha value is -2.37. The van der Waals surface area contributed by atoms with Crippen molar-refractivity contribution in [1.82, 2.24) is 14.9 Å². The number of hydrogen-bond acceptors (Lipinski definition) is 3. The summed E-state index contributed by atoms with van der Waals surface area (Å²) in [5, 5.41) is 11.7. The molecule has 1 aromatic carbocycles. The van der Waals surface area contributed by atoms with Gasteiger partial charge in [0.1, 0.15) is 5.82 Å². The van der Waals surface area contributed by atoms with E-state index in [1.54, 1.807) is 25.2 Å². The SMILES string of the molecule is CNC(=O)CCn1c(C(C)C)nc2ccc(C(=O)O)cc21. The molecule has 6 heteroatoms. The smallest absolute Gasteiger partial charge is 0.335 e. The predicted molar refractivity (Wildman–Crippen MR) is 79.5 cm³/mol. The van der Waals surface area contributed by atoms with E-state index in [9.17, 15) is 9.59 Å². The van der Waals surface area contributed by atoms with E-state index in [-0.39, 0.29) is 17.4 Å². The van der Waals surface area contributed by atoms with Gasteiger partial charge in [-0.3, -0.25) is 4.79 Å². The molecule has 0 spiro atoms. The van der Waals surface area contributed by atoms with Crippen molar-refractivity contribution in [2.75, 3.05) is 7.05 Å². The zero-order chi connectivity index (χ0) is 15.6. The number of nitrogens with zero attached hydrogens (tertiary/aromatic N) is 2. The highest BCUT2D eigenvalue weighted by atomic mass is 16.4. The van der Waals surface area contributed by atoms with Crippen LogP contribution < -0.4 is 5.32 Å². The third-order valence-corrected chi connectivity index (χ3v) is 3.38. The number of hydrogen-bond donors (Lipinski definition) is 2. The van der Waals surface area contributed by atoms with Gasteiger partial charge in [-0.1, -0.05) is 13.8 Å². The van der Waals surface area contributed by atoms with Gasteiger partial charge in [-0.2, -0.15) is 0 Å². The summed E-state index contributed by atoms with van der Waals surface area (Å²) in [5.41, 5.74) is 1.72. The van der Waals surface area contributed by atoms with Gasteiger partial charge >= 0.3 is 5.97 Å². The van der Waals surface area contributed by atoms with Gasteiger partial charge in [-0.05, 0) is 18.2 Å². The maximum atomic E-state index is 11.5. The summed E-state index contributed by atoms with van der Waals surface area (Å²) in [6.07, 6.45) is 0.332. The van der Waals surface area contributed by atoms with Gasteiger partial charge in [0.05, 0.1) is 16.6 Å². The molecule has 2 rings (SSSR count). The lowest BCUT2D eigenvalue weighted by atomic mass is 10.2. The zero-order valence-electron chi connectivity index (χ0n) is 12.4. The Morgan fingerprint density at radius 1 is 1.38 bits per heavy atom. The second-order valence-electron chi connectivity index (χ2n) is 5.21. The third kappa shape index (κ3) is 3.04. The number of carbonyl (C=O) groups is 2. The molecule has 0 saturated carbocycles. The Balaban J connectivity index is 2.51. The van der Waals surface area contributed by atoms with Crippen molar-refractivity contribution in [2.45, 2.75) is 32.7 Å². The van der Waals surface area contributed by atoms with Gasteiger partial charge in [0.15, 0.2) is 0 Å². The van der Waals surface area contributed by atoms with Crippen LogP contribution in [-0.2, 0) is 11.3 Å². The average molecular weight is 289 g/mol. The fraction of sp³-hybridized carbons (Fsp3) is 0.400. The van der Waals surface area contributed by atoms with Crippen molar-refractivity contribution in [2.24, 2.45) is 0 Å². The van der Waals surface area contributed by atoms with Crippen LogP contribution in [0.3, 0.4) is 0 Å². The van der Waals surface area contributed by atoms with E-state index in [0.717, 1.165) is 16.9 Å². The van der Waals surface area contributed by atoms with Gasteiger partial charge in [-0.25, -0.2) is 9.78 Å². The first-order valence-electron chi connectivity index (χ1n) is 6.88. The molecule has 0 fully saturated rings.